The van der Waals surface area contributed by atoms with Crippen LogP contribution >= 0.6 is 0 Å². The first kappa shape index (κ1) is 9.59. The third-order valence-electron chi connectivity index (χ3n) is 2.87. The zero-order valence-electron chi connectivity index (χ0n) is 9.18. The summed E-state index contributed by atoms with van der Waals surface area (Å²) in [7, 11) is 1.93. The number of imidazole rings is 1. The van der Waals surface area contributed by atoms with E-state index in [1.54, 1.807) is 6.20 Å². The van der Waals surface area contributed by atoms with Crippen molar-refractivity contribution in [3.05, 3.63) is 18.3 Å². The van der Waals surface area contributed by atoms with Crippen molar-refractivity contribution in [2.45, 2.75) is 12.5 Å². The second-order valence-corrected chi connectivity index (χ2v) is 4.03. The van der Waals surface area contributed by atoms with Gasteiger partial charge in [-0.05, 0) is 25.1 Å². The number of fused-ring (bicyclic) bond motifs is 1. The third kappa shape index (κ3) is 1.53. The highest BCUT2D eigenvalue weighted by molar-refractivity contribution is 5.71. The lowest BCUT2D eigenvalue weighted by molar-refractivity contribution is 0.199. The summed E-state index contributed by atoms with van der Waals surface area (Å²) in [5.74, 6) is 0. The van der Waals surface area contributed by atoms with Crippen molar-refractivity contribution in [2.75, 3.05) is 13.1 Å². The van der Waals surface area contributed by atoms with Crippen molar-refractivity contribution >= 4 is 11.2 Å². The van der Waals surface area contributed by atoms with E-state index in [0.29, 0.717) is 6.01 Å². The number of nitrogens with one attached hydrogen (secondary N) is 1. The summed E-state index contributed by atoms with van der Waals surface area (Å²) < 4.78 is 7.74. The summed E-state index contributed by atoms with van der Waals surface area (Å²) in [6.45, 7) is 1.92. The standard InChI is InChI=1S/C11H14N4O/c1-15-10-9(3-2-5-13-10)14-11(15)16-8-4-6-12-7-8/h2-3,5,8,12H,4,6-7H2,1H3. The van der Waals surface area contributed by atoms with Crippen LogP contribution in [0.25, 0.3) is 11.2 Å². The molecule has 0 spiro atoms. The summed E-state index contributed by atoms with van der Waals surface area (Å²) in [6, 6.07) is 4.49. The predicted molar refractivity (Wildman–Crippen MR) is 60.4 cm³/mol. The zero-order valence-corrected chi connectivity index (χ0v) is 9.18. The van der Waals surface area contributed by atoms with Gasteiger partial charge >= 0.3 is 0 Å². The fourth-order valence-electron chi connectivity index (χ4n) is 1.99. The van der Waals surface area contributed by atoms with Crippen LogP contribution in [0.4, 0.5) is 0 Å². The van der Waals surface area contributed by atoms with Crippen molar-refractivity contribution in [3.63, 3.8) is 0 Å². The lowest BCUT2D eigenvalue weighted by Crippen LogP contribution is -2.21. The van der Waals surface area contributed by atoms with E-state index in [0.717, 1.165) is 30.7 Å². The molecule has 1 N–H and O–H groups in total. The Hall–Kier alpha value is -1.62. The van der Waals surface area contributed by atoms with Crippen molar-refractivity contribution in [1.29, 1.82) is 0 Å². The molecule has 1 saturated heterocycles. The van der Waals surface area contributed by atoms with E-state index in [1.807, 2.05) is 23.7 Å². The first-order chi connectivity index (χ1) is 7.84. The molecule has 0 amide bonds. The molecule has 0 aromatic carbocycles. The van der Waals surface area contributed by atoms with E-state index >= 15 is 0 Å². The fourth-order valence-corrected chi connectivity index (χ4v) is 1.99. The monoisotopic (exact) mass is 218 g/mol. The Labute approximate surface area is 93.5 Å². The topological polar surface area (TPSA) is 52.0 Å². The van der Waals surface area contributed by atoms with Crippen LogP contribution in [0.3, 0.4) is 0 Å². The summed E-state index contributed by atoms with van der Waals surface area (Å²) in [5, 5.41) is 3.27. The Morgan fingerprint density at radius 1 is 1.56 bits per heavy atom. The largest absolute Gasteiger partial charge is 0.460 e. The smallest absolute Gasteiger partial charge is 0.298 e. The molecule has 3 heterocycles. The number of nitrogens with zero attached hydrogens (tertiary/aromatic N) is 3. The average molecular weight is 218 g/mol. The Balaban J connectivity index is 1.94. The Kier molecular flexibility index (Phi) is 2.25. The van der Waals surface area contributed by atoms with Crippen LogP contribution < -0.4 is 10.1 Å². The zero-order chi connectivity index (χ0) is 11.0. The van der Waals surface area contributed by atoms with Crippen LogP contribution in [-0.2, 0) is 7.05 Å². The highest BCUT2D eigenvalue weighted by atomic mass is 16.5. The highest BCUT2D eigenvalue weighted by Crippen LogP contribution is 2.19. The number of aromatic nitrogens is 3. The van der Waals surface area contributed by atoms with E-state index in [2.05, 4.69) is 15.3 Å². The summed E-state index contributed by atoms with van der Waals surface area (Å²) in [4.78, 5) is 8.71. The molecule has 2 aromatic rings. The summed E-state index contributed by atoms with van der Waals surface area (Å²) in [6.07, 6.45) is 3.04. The Morgan fingerprint density at radius 2 is 2.50 bits per heavy atom. The van der Waals surface area contributed by atoms with Gasteiger partial charge in [-0.25, -0.2) is 4.98 Å². The Bertz CT molecular complexity index is 502. The summed E-state index contributed by atoms with van der Waals surface area (Å²) >= 11 is 0. The van der Waals surface area contributed by atoms with Gasteiger partial charge in [-0.2, -0.15) is 4.98 Å². The lowest BCUT2D eigenvalue weighted by atomic mass is 10.3. The van der Waals surface area contributed by atoms with E-state index in [4.69, 9.17) is 4.74 Å². The van der Waals surface area contributed by atoms with Crippen LogP contribution in [0, 0.1) is 0 Å². The van der Waals surface area contributed by atoms with Crippen LogP contribution in [0.15, 0.2) is 18.3 Å². The molecule has 1 atom stereocenters. The van der Waals surface area contributed by atoms with Gasteiger partial charge in [0.25, 0.3) is 6.01 Å². The third-order valence-corrected chi connectivity index (χ3v) is 2.87. The second kappa shape index (κ2) is 3.75. The van der Waals surface area contributed by atoms with Gasteiger partial charge in [-0.1, -0.05) is 0 Å². The maximum atomic E-state index is 5.84. The van der Waals surface area contributed by atoms with Crippen molar-refractivity contribution in [1.82, 2.24) is 19.9 Å². The van der Waals surface area contributed by atoms with Crippen molar-refractivity contribution in [2.24, 2.45) is 7.05 Å². The minimum absolute atomic E-state index is 0.232. The minimum atomic E-state index is 0.232. The van der Waals surface area contributed by atoms with E-state index in [9.17, 15) is 0 Å². The SMILES string of the molecule is Cn1c(OC2CCNC2)nc2cccnc21. The molecule has 2 aromatic heterocycles. The van der Waals surface area contributed by atoms with Gasteiger partial charge < -0.3 is 10.1 Å². The van der Waals surface area contributed by atoms with Crippen LogP contribution in [0.1, 0.15) is 6.42 Å². The summed E-state index contributed by atoms with van der Waals surface area (Å²) in [5.41, 5.74) is 1.74. The lowest BCUT2D eigenvalue weighted by Gasteiger charge is -2.10. The van der Waals surface area contributed by atoms with Gasteiger partial charge in [0.15, 0.2) is 5.65 Å². The average Bonchev–Trinajstić information content (AvgIpc) is 2.90. The molecule has 5 nitrogen and oxygen atoms in total. The maximum absolute atomic E-state index is 5.84. The molecule has 0 saturated carbocycles. The first-order valence-electron chi connectivity index (χ1n) is 5.49. The molecule has 1 fully saturated rings. The molecule has 3 rings (SSSR count). The molecule has 1 aliphatic rings. The fraction of sp³-hybridized carbons (Fsp3) is 0.455. The van der Waals surface area contributed by atoms with Gasteiger partial charge in [0.05, 0.1) is 0 Å². The van der Waals surface area contributed by atoms with Gasteiger partial charge in [0.2, 0.25) is 0 Å². The maximum Gasteiger partial charge on any atom is 0.298 e. The predicted octanol–water partition coefficient (Wildman–Crippen LogP) is 0.709. The molecule has 0 aliphatic carbocycles. The van der Waals surface area contributed by atoms with Gasteiger partial charge in [0, 0.05) is 19.8 Å². The van der Waals surface area contributed by atoms with Crippen LogP contribution in [-0.4, -0.2) is 33.7 Å². The number of ether oxygens (including phenoxy) is 1. The van der Waals surface area contributed by atoms with E-state index in [1.165, 1.54) is 0 Å². The van der Waals surface area contributed by atoms with E-state index in [-0.39, 0.29) is 6.10 Å². The molecular formula is C11H14N4O. The molecule has 84 valence electrons. The Morgan fingerprint density at radius 3 is 3.25 bits per heavy atom. The van der Waals surface area contributed by atoms with Crippen molar-refractivity contribution in [3.8, 4) is 6.01 Å². The normalized spacial score (nSPS) is 20.4. The number of rotatable bonds is 2. The van der Waals surface area contributed by atoms with Gasteiger partial charge in [0.1, 0.15) is 11.6 Å². The van der Waals surface area contributed by atoms with Crippen LogP contribution in [0.5, 0.6) is 6.01 Å². The quantitative estimate of drug-likeness (QED) is 0.806. The number of hydrogen-bond donors (Lipinski definition) is 1. The molecule has 5 heteroatoms. The number of hydrogen-bond acceptors (Lipinski definition) is 4. The molecule has 1 unspecified atom stereocenters. The molecule has 16 heavy (non-hydrogen) atoms. The minimum Gasteiger partial charge on any atom is -0.460 e. The number of aryl methyl sites for hydroxylation is 1. The molecule has 0 radical (unpaired) electrons. The number of pyridine rings is 1. The first-order valence-corrected chi connectivity index (χ1v) is 5.49. The van der Waals surface area contributed by atoms with Crippen LogP contribution in [0.2, 0.25) is 0 Å². The molecule has 0 bridgehead atoms. The van der Waals surface area contributed by atoms with Crippen molar-refractivity contribution < 1.29 is 4.74 Å². The van der Waals surface area contributed by atoms with Gasteiger partial charge in [-0.15, -0.1) is 0 Å². The molecular weight excluding hydrogens is 204 g/mol. The highest BCUT2D eigenvalue weighted by Gasteiger charge is 2.19. The van der Waals surface area contributed by atoms with Gasteiger partial charge in [-0.3, -0.25) is 4.57 Å². The molecule has 1 aliphatic heterocycles. The second-order valence-electron chi connectivity index (χ2n) is 4.03. The van der Waals surface area contributed by atoms with E-state index < -0.39 is 0 Å².